The highest BCUT2D eigenvalue weighted by Gasteiger charge is 2.16. The van der Waals surface area contributed by atoms with Crippen LogP contribution < -0.4 is 5.32 Å². The van der Waals surface area contributed by atoms with Gasteiger partial charge in [0.05, 0.1) is 22.2 Å². The lowest BCUT2D eigenvalue weighted by Crippen LogP contribution is -2.14. The summed E-state index contributed by atoms with van der Waals surface area (Å²) in [4.78, 5) is 12.1. The average Bonchev–Trinajstić information content (AvgIpc) is 3.08. The largest absolute Gasteiger partial charge is 0.303 e. The molecule has 0 spiro atoms. The van der Waals surface area contributed by atoms with Gasteiger partial charge in [-0.1, -0.05) is 23.7 Å². The van der Waals surface area contributed by atoms with E-state index in [-0.39, 0.29) is 16.5 Å². The second kappa shape index (κ2) is 6.51. The summed E-state index contributed by atoms with van der Waals surface area (Å²) in [6, 6.07) is 6.12. The molecule has 0 unspecified atom stereocenters. The topological polar surface area (TPSA) is 75.6 Å². The smallest absolute Gasteiger partial charge is 0.276 e. The maximum atomic E-state index is 12.9. The lowest BCUT2D eigenvalue weighted by molar-refractivity contribution is 0.102. The lowest BCUT2D eigenvalue weighted by Gasteiger charge is -2.02. The number of aromatic nitrogens is 4. The number of halogens is 3. The fraction of sp³-hybridized carbons (Fsp3) is 0.0714. The van der Waals surface area contributed by atoms with E-state index < -0.39 is 5.91 Å². The normalized spacial score (nSPS) is 10.7. The zero-order valence-electron chi connectivity index (χ0n) is 11.6. The van der Waals surface area contributed by atoms with Crippen LogP contribution in [0.3, 0.4) is 0 Å². The molecule has 0 atom stereocenters. The number of carbonyl (C=O) groups is 1. The minimum absolute atomic E-state index is 0.159. The second-order valence-electron chi connectivity index (χ2n) is 4.70. The van der Waals surface area contributed by atoms with Gasteiger partial charge in [-0.2, -0.15) is 10.2 Å². The molecule has 0 aliphatic carbocycles. The van der Waals surface area contributed by atoms with Gasteiger partial charge >= 0.3 is 0 Å². The van der Waals surface area contributed by atoms with Gasteiger partial charge in [-0.3, -0.25) is 14.6 Å². The summed E-state index contributed by atoms with van der Waals surface area (Å²) in [5.41, 5.74) is 1.04. The number of nitrogens with zero attached hydrogens (tertiary/aromatic N) is 3. The van der Waals surface area contributed by atoms with Crippen LogP contribution in [0.25, 0.3) is 0 Å². The molecule has 0 aliphatic rings. The van der Waals surface area contributed by atoms with Crippen molar-refractivity contribution in [3.05, 3.63) is 63.2 Å². The monoisotopic (exact) mass is 397 g/mol. The Kier molecular flexibility index (Phi) is 4.44. The summed E-state index contributed by atoms with van der Waals surface area (Å²) < 4.78 is 15.1. The van der Waals surface area contributed by atoms with Crippen LogP contribution in [0.1, 0.15) is 16.1 Å². The first-order chi connectivity index (χ1) is 11.0. The van der Waals surface area contributed by atoms with E-state index in [9.17, 15) is 9.18 Å². The van der Waals surface area contributed by atoms with E-state index in [1.165, 1.54) is 18.3 Å². The van der Waals surface area contributed by atoms with Crippen LogP contribution in [0.4, 0.5) is 10.2 Å². The maximum Gasteiger partial charge on any atom is 0.276 e. The highest BCUT2D eigenvalue weighted by Crippen LogP contribution is 2.22. The van der Waals surface area contributed by atoms with Crippen molar-refractivity contribution in [1.82, 2.24) is 20.0 Å². The van der Waals surface area contributed by atoms with Crippen molar-refractivity contribution >= 4 is 39.3 Å². The SMILES string of the molecule is O=C(Nc1nn(Cc2ccc(F)cc2)cc1Br)c1[nH]ncc1Cl. The van der Waals surface area contributed by atoms with Gasteiger partial charge < -0.3 is 5.32 Å². The molecule has 23 heavy (non-hydrogen) atoms. The molecule has 9 heteroatoms. The Bertz CT molecular complexity index is 845. The van der Waals surface area contributed by atoms with E-state index in [4.69, 9.17) is 11.6 Å². The van der Waals surface area contributed by atoms with E-state index in [0.717, 1.165) is 5.56 Å². The number of aromatic amines is 1. The van der Waals surface area contributed by atoms with Gasteiger partial charge in [-0.15, -0.1) is 0 Å². The van der Waals surface area contributed by atoms with Gasteiger partial charge in [-0.05, 0) is 33.6 Å². The third-order valence-electron chi connectivity index (χ3n) is 3.03. The molecule has 3 rings (SSSR count). The molecule has 0 saturated heterocycles. The summed E-state index contributed by atoms with van der Waals surface area (Å²) in [5.74, 6) is -0.386. The zero-order chi connectivity index (χ0) is 16.4. The Morgan fingerprint density at radius 2 is 2.13 bits per heavy atom. The van der Waals surface area contributed by atoms with Crippen molar-refractivity contribution in [2.75, 3.05) is 5.32 Å². The van der Waals surface area contributed by atoms with Crippen molar-refractivity contribution in [2.45, 2.75) is 6.54 Å². The van der Waals surface area contributed by atoms with Crippen molar-refractivity contribution < 1.29 is 9.18 Å². The molecule has 2 N–H and O–H groups in total. The lowest BCUT2D eigenvalue weighted by atomic mass is 10.2. The molecule has 2 heterocycles. The standard InChI is InChI=1S/C14H10BrClFN5O/c15-10-7-22(6-8-1-3-9(17)4-2-8)21-13(10)19-14(23)12-11(16)5-18-20-12/h1-5,7H,6H2,(H,18,20)(H,19,21,23). The van der Waals surface area contributed by atoms with Gasteiger partial charge in [0.25, 0.3) is 5.91 Å². The zero-order valence-corrected chi connectivity index (χ0v) is 13.9. The molecule has 0 bridgehead atoms. The Balaban J connectivity index is 1.74. The summed E-state index contributed by atoms with van der Waals surface area (Å²) in [6.45, 7) is 0.444. The number of H-pyrrole nitrogens is 1. The summed E-state index contributed by atoms with van der Waals surface area (Å²) in [5, 5.41) is 13.3. The molecule has 1 aromatic carbocycles. The van der Waals surface area contributed by atoms with E-state index in [0.29, 0.717) is 16.8 Å². The predicted octanol–water partition coefficient (Wildman–Crippen LogP) is 3.46. The van der Waals surface area contributed by atoms with E-state index >= 15 is 0 Å². The van der Waals surface area contributed by atoms with Crippen LogP contribution in [0, 0.1) is 5.82 Å². The van der Waals surface area contributed by atoms with Crippen molar-refractivity contribution in [1.29, 1.82) is 0 Å². The van der Waals surface area contributed by atoms with Gasteiger partial charge in [0.2, 0.25) is 0 Å². The number of anilines is 1. The van der Waals surface area contributed by atoms with Crippen molar-refractivity contribution in [3.63, 3.8) is 0 Å². The number of rotatable bonds is 4. The fourth-order valence-electron chi connectivity index (χ4n) is 1.94. The van der Waals surface area contributed by atoms with Gasteiger partial charge in [0.15, 0.2) is 5.82 Å². The van der Waals surface area contributed by atoms with Crippen LogP contribution in [0.15, 0.2) is 41.1 Å². The first-order valence-corrected chi connectivity index (χ1v) is 7.67. The number of nitrogens with one attached hydrogen (secondary N) is 2. The number of amides is 1. The number of benzene rings is 1. The maximum absolute atomic E-state index is 12.9. The first kappa shape index (κ1) is 15.7. The minimum atomic E-state index is -0.444. The van der Waals surface area contributed by atoms with Gasteiger partial charge in [-0.25, -0.2) is 4.39 Å². The molecule has 2 aromatic heterocycles. The Morgan fingerprint density at radius 1 is 1.39 bits per heavy atom. The third kappa shape index (κ3) is 3.59. The van der Waals surface area contributed by atoms with Crippen LogP contribution in [0.2, 0.25) is 5.02 Å². The van der Waals surface area contributed by atoms with Gasteiger partial charge in [0, 0.05) is 6.20 Å². The number of hydrogen-bond acceptors (Lipinski definition) is 3. The molecule has 0 radical (unpaired) electrons. The summed E-state index contributed by atoms with van der Waals surface area (Å²) in [7, 11) is 0. The Hall–Kier alpha value is -2.19. The highest BCUT2D eigenvalue weighted by molar-refractivity contribution is 9.10. The average molecular weight is 399 g/mol. The molecular weight excluding hydrogens is 389 g/mol. The minimum Gasteiger partial charge on any atom is -0.303 e. The van der Waals surface area contributed by atoms with E-state index in [1.807, 2.05) is 0 Å². The van der Waals surface area contributed by atoms with E-state index in [1.54, 1.807) is 23.0 Å². The molecule has 0 saturated carbocycles. The highest BCUT2D eigenvalue weighted by atomic mass is 79.9. The second-order valence-corrected chi connectivity index (χ2v) is 5.96. The summed E-state index contributed by atoms with van der Waals surface area (Å²) >= 11 is 9.18. The molecule has 1 amide bonds. The Morgan fingerprint density at radius 3 is 2.78 bits per heavy atom. The predicted molar refractivity (Wildman–Crippen MR) is 87.0 cm³/mol. The van der Waals surface area contributed by atoms with Crippen molar-refractivity contribution in [3.8, 4) is 0 Å². The third-order valence-corrected chi connectivity index (χ3v) is 3.89. The van der Waals surface area contributed by atoms with Crippen molar-refractivity contribution in [2.24, 2.45) is 0 Å². The van der Waals surface area contributed by atoms with Crippen LogP contribution in [0.5, 0.6) is 0 Å². The number of hydrogen-bond donors (Lipinski definition) is 2. The molecule has 0 aliphatic heterocycles. The van der Waals surface area contributed by atoms with Gasteiger partial charge in [0.1, 0.15) is 11.5 Å². The first-order valence-electron chi connectivity index (χ1n) is 6.50. The molecule has 3 aromatic rings. The molecule has 118 valence electrons. The quantitative estimate of drug-likeness (QED) is 0.707. The summed E-state index contributed by atoms with van der Waals surface area (Å²) in [6.07, 6.45) is 3.06. The van der Waals surface area contributed by atoms with E-state index in [2.05, 4.69) is 36.5 Å². The Labute approximate surface area is 143 Å². The molecule has 6 nitrogen and oxygen atoms in total. The molecular formula is C14H10BrClFN5O. The van der Waals surface area contributed by atoms with Crippen LogP contribution >= 0.6 is 27.5 Å². The fourth-order valence-corrected chi connectivity index (χ4v) is 2.53. The number of carbonyl (C=O) groups excluding carboxylic acids is 1. The molecule has 0 fully saturated rings. The van der Waals surface area contributed by atoms with Crippen LogP contribution in [-0.4, -0.2) is 25.9 Å². The van der Waals surface area contributed by atoms with Crippen LogP contribution in [-0.2, 0) is 6.54 Å².